The summed E-state index contributed by atoms with van der Waals surface area (Å²) in [5.41, 5.74) is 2.27. The SMILES string of the molecule is CC1=CC([N+](=O)[O-])=C(C)CC1. The van der Waals surface area contributed by atoms with Gasteiger partial charge in [0.2, 0.25) is 0 Å². The first-order chi connectivity index (χ1) is 5.11. The van der Waals surface area contributed by atoms with E-state index in [-0.39, 0.29) is 10.6 Å². The van der Waals surface area contributed by atoms with Crippen LogP contribution in [0.3, 0.4) is 0 Å². The molecule has 1 aliphatic rings. The molecule has 1 rings (SSSR count). The van der Waals surface area contributed by atoms with Gasteiger partial charge in [0.05, 0.1) is 4.92 Å². The van der Waals surface area contributed by atoms with E-state index in [0.717, 1.165) is 24.0 Å². The van der Waals surface area contributed by atoms with Gasteiger partial charge in [0.1, 0.15) is 0 Å². The number of nitrogens with zero attached hydrogens (tertiary/aromatic N) is 1. The second-order valence-electron chi connectivity index (χ2n) is 2.91. The highest BCUT2D eigenvalue weighted by Gasteiger charge is 2.16. The molecule has 0 saturated carbocycles. The van der Waals surface area contributed by atoms with E-state index < -0.39 is 0 Å². The smallest absolute Gasteiger partial charge is 0.258 e. The Balaban J connectivity index is 2.98. The van der Waals surface area contributed by atoms with Crippen molar-refractivity contribution in [3.05, 3.63) is 33.0 Å². The van der Waals surface area contributed by atoms with Crippen molar-refractivity contribution in [1.82, 2.24) is 0 Å². The van der Waals surface area contributed by atoms with E-state index >= 15 is 0 Å². The van der Waals surface area contributed by atoms with Gasteiger partial charge in [0.25, 0.3) is 5.70 Å². The fraction of sp³-hybridized carbons (Fsp3) is 0.500. The van der Waals surface area contributed by atoms with Crippen molar-refractivity contribution >= 4 is 0 Å². The predicted molar refractivity (Wildman–Crippen MR) is 42.7 cm³/mol. The first kappa shape index (κ1) is 7.98. The maximum absolute atomic E-state index is 10.4. The Morgan fingerprint density at radius 2 is 2.09 bits per heavy atom. The van der Waals surface area contributed by atoms with Crippen LogP contribution in [0, 0.1) is 10.1 Å². The Bertz CT molecular complexity index is 251. The second kappa shape index (κ2) is 2.86. The third-order valence-corrected chi connectivity index (χ3v) is 1.91. The number of nitro groups is 1. The van der Waals surface area contributed by atoms with E-state index in [9.17, 15) is 10.1 Å². The fourth-order valence-corrected chi connectivity index (χ4v) is 1.15. The van der Waals surface area contributed by atoms with E-state index in [1.807, 2.05) is 13.8 Å². The topological polar surface area (TPSA) is 43.1 Å². The molecule has 0 bridgehead atoms. The molecule has 0 atom stereocenters. The predicted octanol–water partition coefficient (Wildman–Crippen LogP) is 2.28. The van der Waals surface area contributed by atoms with Crippen molar-refractivity contribution in [2.75, 3.05) is 0 Å². The molecule has 0 aromatic heterocycles. The van der Waals surface area contributed by atoms with Crippen molar-refractivity contribution in [1.29, 1.82) is 0 Å². The van der Waals surface area contributed by atoms with Crippen LogP contribution in [0.25, 0.3) is 0 Å². The summed E-state index contributed by atoms with van der Waals surface area (Å²) in [5.74, 6) is 0. The van der Waals surface area contributed by atoms with Crippen LogP contribution in [-0.4, -0.2) is 4.92 Å². The molecular formula is C8H11NO2. The highest BCUT2D eigenvalue weighted by Crippen LogP contribution is 2.23. The number of hydrogen-bond acceptors (Lipinski definition) is 2. The first-order valence-corrected chi connectivity index (χ1v) is 3.62. The van der Waals surface area contributed by atoms with Gasteiger partial charge < -0.3 is 0 Å². The summed E-state index contributed by atoms with van der Waals surface area (Å²) in [6.07, 6.45) is 3.46. The summed E-state index contributed by atoms with van der Waals surface area (Å²) in [4.78, 5) is 10.1. The zero-order valence-corrected chi connectivity index (χ0v) is 6.76. The molecule has 3 nitrogen and oxygen atoms in total. The van der Waals surface area contributed by atoms with Gasteiger partial charge in [-0.15, -0.1) is 0 Å². The minimum atomic E-state index is -0.308. The van der Waals surface area contributed by atoms with Crippen molar-refractivity contribution in [2.45, 2.75) is 26.7 Å². The largest absolute Gasteiger partial charge is 0.268 e. The minimum absolute atomic E-state index is 0.286. The van der Waals surface area contributed by atoms with E-state index in [0.29, 0.717) is 0 Å². The molecule has 0 amide bonds. The molecule has 60 valence electrons. The van der Waals surface area contributed by atoms with E-state index in [2.05, 4.69) is 0 Å². The highest BCUT2D eigenvalue weighted by molar-refractivity contribution is 5.26. The normalized spacial score (nSPS) is 18.2. The maximum atomic E-state index is 10.4. The van der Waals surface area contributed by atoms with Gasteiger partial charge in [0.15, 0.2) is 0 Å². The highest BCUT2D eigenvalue weighted by atomic mass is 16.6. The minimum Gasteiger partial charge on any atom is -0.258 e. The van der Waals surface area contributed by atoms with Crippen LogP contribution in [0.15, 0.2) is 22.9 Å². The van der Waals surface area contributed by atoms with Gasteiger partial charge in [-0.25, -0.2) is 0 Å². The molecule has 3 heteroatoms. The van der Waals surface area contributed by atoms with Crippen molar-refractivity contribution in [3.63, 3.8) is 0 Å². The quantitative estimate of drug-likeness (QED) is 0.428. The zero-order valence-electron chi connectivity index (χ0n) is 6.76. The van der Waals surface area contributed by atoms with Crippen molar-refractivity contribution < 1.29 is 4.92 Å². The van der Waals surface area contributed by atoms with Crippen LogP contribution >= 0.6 is 0 Å². The van der Waals surface area contributed by atoms with Gasteiger partial charge in [0, 0.05) is 11.6 Å². The zero-order chi connectivity index (χ0) is 8.43. The number of allylic oxidation sites excluding steroid dienone is 3. The third kappa shape index (κ3) is 1.67. The van der Waals surface area contributed by atoms with Crippen LogP contribution in [0.2, 0.25) is 0 Å². The monoisotopic (exact) mass is 153 g/mol. The fourth-order valence-electron chi connectivity index (χ4n) is 1.15. The molecule has 0 fully saturated rings. The Labute approximate surface area is 65.6 Å². The molecule has 0 N–H and O–H groups in total. The lowest BCUT2D eigenvalue weighted by atomic mass is 9.98. The first-order valence-electron chi connectivity index (χ1n) is 3.62. The summed E-state index contributed by atoms with van der Waals surface area (Å²) in [7, 11) is 0. The molecule has 0 aromatic carbocycles. The van der Waals surface area contributed by atoms with Gasteiger partial charge in [-0.05, 0) is 26.7 Å². The standard InChI is InChI=1S/C8H11NO2/c1-6-3-4-7(2)8(5-6)9(10)11/h5H,3-4H2,1-2H3. The molecule has 0 aromatic rings. The van der Waals surface area contributed by atoms with E-state index in [1.54, 1.807) is 6.08 Å². The van der Waals surface area contributed by atoms with Gasteiger partial charge in [-0.2, -0.15) is 0 Å². The van der Waals surface area contributed by atoms with Gasteiger partial charge in [-0.3, -0.25) is 10.1 Å². The van der Waals surface area contributed by atoms with Crippen LogP contribution in [0.1, 0.15) is 26.7 Å². The molecular weight excluding hydrogens is 142 g/mol. The van der Waals surface area contributed by atoms with Crippen LogP contribution < -0.4 is 0 Å². The summed E-state index contributed by atoms with van der Waals surface area (Å²) in [6.45, 7) is 3.75. The van der Waals surface area contributed by atoms with Gasteiger partial charge >= 0.3 is 0 Å². The Morgan fingerprint density at radius 1 is 1.45 bits per heavy atom. The Kier molecular flexibility index (Phi) is 2.08. The lowest BCUT2D eigenvalue weighted by molar-refractivity contribution is -0.420. The summed E-state index contributed by atoms with van der Waals surface area (Å²) in [5, 5.41) is 10.4. The third-order valence-electron chi connectivity index (χ3n) is 1.91. The molecule has 0 heterocycles. The molecule has 0 unspecified atom stereocenters. The molecule has 0 aliphatic heterocycles. The summed E-state index contributed by atoms with van der Waals surface area (Å²) < 4.78 is 0. The molecule has 0 spiro atoms. The maximum Gasteiger partial charge on any atom is 0.268 e. The molecule has 11 heavy (non-hydrogen) atoms. The van der Waals surface area contributed by atoms with E-state index in [4.69, 9.17) is 0 Å². The van der Waals surface area contributed by atoms with Gasteiger partial charge in [-0.1, -0.05) is 5.57 Å². The lowest BCUT2D eigenvalue weighted by Crippen LogP contribution is -2.04. The lowest BCUT2D eigenvalue weighted by Gasteiger charge is -2.08. The van der Waals surface area contributed by atoms with Crippen molar-refractivity contribution in [2.24, 2.45) is 0 Å². The van der Waals surface area contributed by atoms with E-state index in [1.165, 1.54) is 0 Å². The Morgan fingerprint density at radius 3 is 2.55 bits per heavy atom. The van der Waals surface area contributed by atoms with Crippen LogP contribution in [0.4, 0.5) is 0 Å². The Hall–Kier alpha value is -1.12. The molecule has 0 radical (unpaired) electrons. The van der Waals surface area contributed by atoms with Crippen LogP contribution in [-0.2, 0) is 0 Å². The average molecular weight is 153 g/mol. The van der Waals surface area contributed by atoms with Crippen molar-refractivity contribution in [3.8, 4) is 0 Å². The molecule has 0 saturated heterocycles. The molecule has 1 aliphatic carbocycles. The average Bonchev–Trinajstić information content (AvgIpc) is 1.94. The second-order valence-corrected chi connectivity index (χ2v) is 2.91. The number of rotatable bonds is 1. The summed E-state index contributed by atoms with van der Waals surface area (Å²) in [6, 6.07) is 0. The van der Waals surface area contributed by atoms with Crippen LogP contribution in [0.5, 0.6) is 0 Å². The summed E-state index contributed by atoms with van der Waals surface area (Å²) >= 11 is 0. The number of hydrogen-bond donors (Lipinski definition) is 0.